The molecule has 6 rings (SSSR count). The van der Waals surface area contributed by atoms with E-state index in [1.165, 1.54) is 51.7 Å². The molecule has 1 aliphatic carbocycles. The molecule has 1 saturated heterocycles. The molecule has 4 aromatic rings. The van der Waals surface area contributed by atoms with Crippen LogP contribution in [0.4, 0.5) is 20.3 Å². The Kier molecular flexibility index (Phi) is 11.1. The molecule has 206 valence electrons. The van der Waals surface area contributed by atoms with Gasteiger partial charge in [-0.15, -0.1) is 5.10 Å². The topological polar surface area (TPSA) is 103 Å². The Labute approximate surface area is 249 Å². The molecule has 0 unspecified atom stereocenters. The van der Waals surface area contributed by atoms with Gasteiger partial charge in [0.05, 0.1) is 11.9 Å². The van der Waals surface area contributed by atoms with Crippen LogP contribution in [0.25, 0.3) is 27.8 Å². The first-order valence-corrected chi connectivity index (χ1v) is 12.5. The smallest absolute Gasteiger partial charge is 0.281 e. The summed E-state index contributed by atoms with van der Waals surface area (Å²) in [4.78, 5) is 26.0. The second-order valence-electron chi connectivity index (χ2n) is 9.18. The summed E-state index contributed by atoms with van der Waals surface area (Å²) in [6.07, 6.45) is 7.05. The summed E-state index contributed by atoms with van der Waals surface area (Å²) in [7, 11) is 3.52. The van der Waals surface area contributed by atoms with Crippen LogP contribution >= 0.6 is 0 Å². The Hall–Kier alpha value is -2.72. The van der Waals surface area contributed by atoms with Crippen molar-refractivity contribution < 1.29 is 49.9 Å². The van der Waals surface area contributed by atoms with Gasteiger partial charge in [0.2, 0.25) is 0 Å². The predicted octanol–water partition coefficient (Wildman–Crippen LogP) is 4.23. The van der Waals surface area contributed by atoms with Gasteiger partial charge in [-0.2, -0.15) is 0 Å². The molecule has 39 heavy (non-hydrogen) atoms. The Balaban J connectivity index is 0.000000541. The Morgan fingerprint density at radius 3 is 2.31 bits per heavy atom. The summed E-state index contributed by atoms with van der Waals surface area (Å²) in [5.41, 5.74) is 1.80. The van der Waals surface area contributed by atoms with Crippen LogP contribution in [0, 0.1) is 31.1 Å². The van der Waals surface area contributed by atoms with E-state index in [0.717, 1.165) is 43.2 Å². The van der Waals surface area contributed by atoms with E-state index in [2.05, 4.69) is 36.9 Å². The number of alkyl halides is 2. The first kappa shape index (κ1) is 30.8. The molecule has 10 nitrogen and oxygen atoms in total. The van der Waals surface area contributed by atoms with Crippen LogP contribution in [0.15, 0.2) is 36.8 Å². The number of hydrogen-bond acceptors (Lipinski definition) is 9. The van der Waals surface area contributed by atoms with Crippen LogP contribution in [-0.2, 0) is 4.79 Å². The van der Waals surface area contributed by atoms with Crippen molar-refractivity contribution in [1.29, 1.82) is 0 Å². The molecule has 1 N–H and O–H groups in total. The normalized spacial score (nSPS) is 14.7. The van der Waals surface area contributed by atoms with Gasteiger partial charge in [-0.05, 0) is 32.2 Å². The van der Waals surface area contributed by atoms with Crippen molar-refractivity contribution in [3.8, 4) is 11.4 Å². The monoisotopic (exact) mass is 764 g/mol. The zero-order chi connectivity index (χ0) is 27.2. The molecular weight excluding hydrogens is 732 g/mol. The molecule has 0 radical (unpaired) electrons. The van der Waals surface area contributed by atoms with Crippen molar-refractivity contribution in [1.82, 2.24) is 29.5 Å². The summed E-state index contributed by atoms with van der Waals surface area (Å²) in [5, 5.41) is 15.8. The summed E-state index contributed by atoms with van der Waals surface area (Å²) in [6, 6.07) is 5.43. The molecule has 1 saturated carbocycles. The Bertz CT molecular complexity index is 1390. The number of halogens is 2. The van der Waals surface area contributed by atoms with E-state index in [1.807, 2.05) is 18.3 Å². The van der Waals surface area contributed by atoms with Crippen LogP contribution in [-0.4, -0.2) is 81.2 Å². The minimum absolute atomic E-state index is 0. The molecule has 0 spiro atoms. The predicted molar refractivity (Wildman–Crippen MR) is 142 cm³/mol. The van der Waals surface area contributed by atoms with Crippen LogP contribution in [0.2, 0.25) is 0 Å². The fraction of sp³-hybridized carbons (Fsp3) is 0.423. The molecule has 0 amide bonds. The van der Waals surface area contributed by atoms with E-state index in [1.54, 1.807) is 4.52 Å². The summed E-state index contributed by atoms with van der Waals surface area (Å²) < 4.78 is 28.7. The van der Waals surface area contributed by atoms with Crippen molar-refractivity contribution >= 4 is 34.2 Å². The molecule has 4 aromatic heterocycles. The van der Waals surface area contributed by atoms with E-state index in [0.29, 0.717) is 22.4 Å². The third-order valence-electron chi connectivity index (χ3n) is 6.10. The van der Waals surface area contributed by atoms with Crippen molar-refractivity contribution in [2.75, 3.05) is 50.2 Å². The minimum atomic E-state index is -2.76. The number of aromatic nitrogens is 5. The second-order valence-corrected chi connectivity index (χ2v) is 9.18. The molecule has 0 atom stereocenters. The first-order valence-electron chi connectivity index (χ1n) is 12.5. The average Bonchev–Trinajstić information content (AvgIpc) is 3.73. The number of pyridine rings is 3. The van der Waals surface area contributed by atoms with Gasteiger partial charge in [-0.1, -0.05) is 19.3 Å². The number of aldehydes is 1. The van der Waals surface area contributed by atoms with Gasteiger partial charge < -0.3 is 14.6 Å². The third-order valence-corrected chi connectivity index (χ3v) is 6.10. The number of rotatable bonds is 4. The Morgan fingerprint density at radius 1 is 1.05 bits per heavy atom. The average molecular weight is 765 g/mol. The zero-order valence-electron chi connectivity index (χ0n) is 22.3. The number of hydrogen-bond donors (Lipinski definition) is 1. The molecule has 1 aliphatic heterocycles. The molecule has 0 bridgehead atoms. The number of hydroxylamine groups is 1. The maximum absolute atomic E-state index is 13.5. The van der Waals surface area contributed by atoms with Gasteiger partial charge in [-0.25, -0.2) is 28.3 Å². The van der Waals surface area contributed by atoms with Crippen molar-refractivity contribution in [3.05, 3.63) is 42.5 Å². The van der Waals surface area contributed by atoms with Crippen molar-refractivity contribution in [2.45, 2.75) is 32.6 Å². The molecule has 13 heteroatoms. The van der Waals surface area contributed by atoms with Gasteiger partial charge in [0.1, 0.15) is 12.0 Å². The summed E-state index contributed by atoms with van der Waals surface area (Å²) in [6.45, 7) is 5.28. The van der Waals surface area contributed by atoms with Crippen LogP contribution in [0.5, 0.6) is 0 Å². The number of nitrogens with zero attached hydrogens (tertiary/aromatic N) is 8. The van der Waals surface area contributed by atoms with E-state index in [4.69, 9.17) is 4.79 Å². The molecule has 0 aromatic carbocycles. The molecule has 2 fully saturated rings. The maximum Gasteiger partial charge on any atom is 0.281 e. The third kappa shape index (κ3) is 7.69. The van der Waals surface area contributed by atoms with Crippen molar-refractivity contribution in [2.24, 2.45) is 0 Å². The van der Waals surface area contributed by atoms with E-state index < -0.39 is 6.43 Å². The van der Waals surface area contributed by atoms with Gasteiger partial charge in [0, 0.05) is 93.1 Å². The number of anilines is 2. The quantitative estimate of drug-likeness (QED) is 0.242. The van der Waals surface area contributed by atoms with Crippen molar-refractivity contribution in [3.63, 3.8) is 0 Å². The zero-order valence-corrected chi connectivity index (χ0v) is 26.4. The van der Waals surface area contributed by atoms with Crippen LogP contribution in [0.1, 0.15) is 38.3 Å². The Morgan fingerprint density at radius 2 is 1.72 bits per heavy atom. The number of fused-ring (bicyclic) bond motifs is 2. The number of likely N-dealkylation sites (N-methyl/N-ethyl adjacent to an activating group) is 1. The largest absolute Gasteiger partial charge is 0.368 e. The first-order chi connectivity index (χ1) is 18.3. The number of carbonyl (C=O) groups excluding carboxylic acids is 1. The molecule has 5 heterocycles. The number of piperazine rings is 1. The maximum atomic E-state index is 13.5. The van der Waals surface area contributed by atoms with Gasteiger partial charge in [0.15, 0.2) is 17.3 Å². The van der Waals surface area contributed by atoms with E-state index in [9.17, 15) is 14.0 Å². The standard InChI is InChI=1S/C21H22F2N8O.C3H6.C2H4O.U/c1-28-5-7-30(8-6-28)13-3-4-17-26-21(27-31(17)12-13)16-11-25-19(20(22)23)15-10-24-18(29(2)32)9-14(15)16;1-2-3-1;1-2-3;/h3-4,9-12,20,32H,5-8H2,1-2H3;1-3H2;2H,1H3;. The van der Waals surface area contributed by atoms with Crippen LogP contribution in [0.3, 0.4) is 0 Å². The summed E-state index contributed by atoms with van der Waals surface area (Å²) >= 11 is 0. The second kappa shape index (κ2) is 14.1. The fourth-order valence-electron chi connectivity index (χ4n) is 3.91. The molecular formula is C26H32F2N8O2U. The summed E-state index contributed by atoms with van der Waals surface area (Å²) in [5.74, 6) is 0.572. The van der Waals surface area contributed by atoms with Gasteiger partial charge in [-0.3, -0.25) is 10.2 Å². The van der Waals surface area contributed by atoms with E-state index >= 15 is 0 Å². The molecule has 2 aliphatic rings. The van der Waals surface area contributed by atoms with E-state index in [-0.39, 0.29) is 48.0 Å². The number of carbonyl (C=O) groups is 1. The van der Waals surface area contributed by atoms with Gasteiger partial charge >= 0.3 is 0 Å². The van der Waals surface area contributed by atoms with Gasteiger partial charge in [0.25, 0.3) is 6.43 Å². The minimum Gasteiger partial charge on any atom is -0.368 e. The SMILES string of the molecule is C1CC1.CC=O.CN1CCN(c2ccc3nc(-c4cnc(C(F)F)c5cnc(N(C)O)cc45)nn3c2)CC1.[U]. The van der Waals surface area contributed by atoms with Crippen LogP contribution < -0.4 is 9.96 Å². The fourth-order valence-corrected chi connectivity index (χ4v) is 3.91.